The lowest BCUT2D eigenvalue weighted by Crippen LogP contribution is -2.15. The van der Waals surface area contributed by atoms with Crippen molar-refractivity contribution < 1.29 is 9.72 Å². The van der Waals surface area contributed by atoms with Gasteiger partial charge in [-0.3, -0.25) is 19.6 Å². The van der Waals surface area contributed by atoms with E-state index in [1.54, 1.807) is 13.8 Å². The molecule has 6 nitrogen and oxygen atoms in total. The normalized spacial score (nSPS) is 10.5. The van der Waals surface area contributed by atoms with E-state index in [0.29, 0.717) is 17.8 Å². The molecule has 0 fully saturated rings. The van der Waals surface area contributed by atoms with Gasteiger partial charge in [0.2, 0.25) is 0 Å². The van der Waals surface area contributed by atoms with Gasteiger partial charge in [-0.15, -0.1) is 0 Å². The van der Waals surface area contributed by atoms with Crippen molar-refractivity contribution in [1.29, 1.82) is 0 Å². The minimum atomic E-state index is -0.462. The Bertz CT molecular complexity index is 647. The summed E-state index contributed by atoms with van der Waals surface area (Å²) in [4.78, 5) is 22.4. The molecule has 0 atom stereocenters. The van der Waals surface area contributed by atoms with Crippen LogP contribution in [0.5, 0.6) is 0 Å². The number of aryl methyl sites for hydroxylation is 1. The maximum Gasteiger partial charge on any atom is 0.312 e. The Morgan fingerprint density at radius 1 is 1.30 bits per heavy atom. The Labute approximate surface area is 116 Å². The van der Waals surface area contributed by atoms with Gasteiger partial charge < -0.3 is 0 Å². The van der Waals surface area contributed by atoms with Gasteiger partial charge in [0.1, 0.15) is 17.9 Å². The average molecular weight is 273 g/mol. The minimum absolute atomic E-state index is 0.0162. The SMILES string of the molecule is Cc1nn(CC(=O)Cc2ccccc2)c(C)c1[N+](=O)[O-]. The number of carbonyl (C=O) groups is 1. The molecule has 20 heavy (non-hydrogen) atoms. The van der Waals surface area contributed by atoms with E-state index in [9.17, 15) is 14.9 Å². The fourth-order valence-corrected chi connectivity index (χ4v) is 2.15. The second kappa shape index (κ2) is 5.64. The quantitative estimate of drug-likeness (QED) is 0.618. The maximum atomic E-state index is 12.0. The number of nitro groups is 1. The molecule has 0 radical (unpaired) electrons. The van der Waals surface area contributed by atoms with Gasteiger partial charge >= 0.3 is 5.69 Å². The predicted molar refractivity (Wildman–Crippen MR) is 73.5 cm³/mol. The molecular weight excluding hydrogens is 258 g/mol. The summed E-state index contributed by atoms with van der Waals surface area (Å²) in [6.07, 6.45) is 0.299. The van der Waals surface area contributed by atoms with Gasteiger partial charge in [0.25, 0.3) is 0 Å². The lowest BCUT2D eigenvalue weighted by atomic mass is 10.1. The van der Waals surface area contributed by atoms with Crippen LogP contribution in [0.25, 0.3) is 0 Å². The van der Waals surface area contributed by atoms with Crippen LogP contribution in [0.3, 0.4) is 0 Å². The van der Waals surface area contributed by atoms with E-state index < -0.39 is 4.92 Å². The molecule has 2 rings (SSSR count). The van der Waals surface area contributed by atoms with E-state index in [0.717, 1.165) is 5.56 Å². The zero-order valence-electron chi connectivity index (χ0n) is 11.4. The number of hydrogen-bond donors (Lipinski definition) is 0. The maximum absolute atomic E-state index is 12.0. The Kier molecular flexibility index (Phi) is 3.93. The number of benzene rings is 1. The molecule has 0 N–H and O–H groups in total. The number of hydrogen-bond acceptors (Lipinski definition) is 4. The van der Waals surface area contributed by atoms with Crippen LogP contribution in [0.4, 0.5) is 5.69 Å². The monoisotopic (exact) mass is 273 g/mol. The fourth-order valence-electron chi connectivity index (χ4n) is 2.15. The number of aromatic nitrogens is 2. The Hall–Kier alpha value is -2.50. The van der Waals surface area contributed by atoms with Gasteiger partial charge in [0.05, 0.1) is 4.92 Å². The van der Waals surface area contributed by atoms with Gasteiger partial charge in [0.15, 0.2) is 5.78 Å². The molecule has 1 heterocycles. The number of carbonyl (C=O) groups excluding carboxylic acids is 1. The first-order valence-corrected chi connectivity index (χ1v) is 6.23. The van der Waals surface area contributed by atoms with E-state index in [1.165, 1.54) is 4.68 Å². The zero-order chi connectivity index (χ0) is 14.7. The van der Waals surface area contributed by atoms with Crippen molar-refractivity contribution in [1.82, 2.24) is 9.78 Å². The van der Waals surface area contributed by atoms with Crippen molar-refractivity contribution in [2.75, 3.05) is 0 Å². The van der Waals surface area contributed by atoms with Gasteiger partial charge in [-0.25, -0.2) is 0 Å². The molecule has 0 saturated carbocycles. The highest BCUT2D eigenvalue weighted by Crippen LogP contribution is 2.21. The molecule has 0 amide bonds. The summed E-state index contributed by atoms with van der Waals surface area (Å²) in [5, 5.41) is 15.0. The molecule has 6 heteroatoms. The molecule has 1 aromatic heterocycles. The second-order valence-corrected chi connectivity index (χ2v) is 4.64. The molecule has 0 aliphatic heterocycles. The van der Waals surface area contributed by atoms with Crippen molar-refractivity contribution in [3.8, 4) is 0 Å². The lowest BCUT2D eigenvalue weighted by Gasteiger charge is -2.03. The molecule has 0 saturated heterocycles. The third-order valence-corrected chi connectivity index (χ3v) is 3.10. The zero-order valence-corrected chi connectivity index (χ0v) is 11.4. The second-order valence-electron chi connectivity index (χ2n) is 4.64. The van der Waals surface area contributed by atoms with Crippen LogP contribution in [-0.2, 0) is 17.8 Å². The molecular formula is C14H15N3O3. The molecule has 1 aromatic carbocycles. The third kappa shape index (κ3) is 2.90. The number of rotatable bonds is 5. The van der Waals surface area contributed by atoms with Crippen LogP contribution in [0.2, 0.25) is 0 Å². The Morgan fingerprint density at radius 3 is 2.50 bits per heavy atom. The van der Waals surface area contributed by atoms with E-state index in [1.807, 2.05) is 30.3 Å². The molecule has 0 aliphatic carbocycles. The standard InChI is InChI=1S/C14H15N3O3/c1-10-14(17(19)20)11(2)16(15-10)9-13(18)8-12-6-4-3-5-7-12/h3-7H,8-9H2,1-2H3. The first-order chi connectivity index (χ1) is 9.49. The number of nitrogens with zero attached hydrogens (tertiary/aromatic N) is 3. The summed E-state index contributed by atoms with van der Waals surface area (Å²) in [5.74, 6) is -0.0308. The van der Waals surface area contributed by atoms with E-state index in [4.69, 9.17) is 0 Å². The van der Waals surface area contributed by atoms with Gasteiger partial charge in [-0.1, -0.05) is 30.3 Å². The van der Waals surface area contributed by atoms with Crippen molar-refractivity contribution in [2.45, 2.75) is 26.8 Å². The summed E-state index contributed by atoms with van der Waals surface area (Å²) in [5.41, 5.74) is 1.65. The minimum Gasteiger partial charge on any atom is -0.297 e. The fraction of sp³-hybridized carbons (Fsp3) is 0.286. The highest BCUT2D eigenvalue weighted by atomic mass is 16.6. The Morgan fingerprint density at radius 2 is 1.95 bits per heavy atom. The van der Waals surface area contributed by atoms with Crippen molar-refractivity contribution in [3.05, 3.63) is 57.4 Å². The molecule has 0 bridgehead atoms. The van der Waals surface area contributed by atoms with E-state index >= 15 is 0 Å². The van der Waals surface area contributed by atoms with Crippen LogP contribution in [0.1, 0.15) is 17.0 Å². The van der Waals surface area contributed by atoms with Gasteiger partial charge in [-0.05, 0) is 19.4 Å². The van der Waals surface area contributed by atoms with Crippen molar-refractivity contribution in [2.24, 2.45) is 0 Å². The molecule has 0 spiro atoms. The predicted octanol–water partition coefficient (Wildman–Crippen LogP) is 2.22. The van der Waals surface area contributed by atoms with Crippen molar-refractivity contribution >= 4 is 11.5 Å². The largest absolute Gasteiger partial charge is 0.312 e. The Balaban J connectivity index is 2.13. The topological polar surface area (TPSA) is 78.0 Å². The summed E-state index contributed by atoms with van der Waals surface area (Å²) in [6, 6.07) is 9.38. The molecule has 2 aromatic rings. The smallest absolute Gasteiger partial charge is 0.297 e. The molecule has 104 valence electrons. The van der Waals surface area contributed by atoms with Gasteiger partial charge in [-0.2, -0.15) is 5.10 Å². The molecule has 0 aliphatic rings. The summed E-state index contributed by atoms with van der Waals surface area (Å²) in [6.45, 7) is 3.23. The van der Waals surface area contributed by atoms with Crippen LogP contribution >= 0.6 is 0 Å². The lowest BCUT2D eigenvalue weighted by molar-refractivity contribution is -0.386. The van der Waals surface area contributed by atoms with Crippen molar-refractivity contribution in [3.63, 3.8) is 0 Å². The highest BCUT2D eigenvalue weighted by molar-refractivity contribution is 5.80. The molecule has 0 unspecified atom stereocenters. The first kappa shape index (κ1) is 13.9. The number of Topliss-reactive ketones (excluding diaryl/α,β-unsaturated/α-hetero) is 1. The van der Waals surface area contributed by atoms with Gasteiger partial charge in [0, 0.05) is 6.42 Å². The summed E-state index contributed by atoms with van der Waals surface area (Å²) < 4.78 is 1.40. The van der Waals surface area contributed by atoms with Crippen LogP contribution in [0, 0.1) is 24.0 Å². The van der Waals surface area contributed by atoms with Crippen LogP contribution in [-0.4, -0.2) is 20.5 Å². The third-order valence-electron chi connectivity index (χ3n) is 3.10. The van der Waals surface area contributed by atoms with Crippen LogP contribution in [0.15, 0.2) is 30.3 Å². The van der Waals surface area contributed by atoms with Crippen LogP contribution < -0.4 is 0 Å². The average Bonchev–Trinajstić information content (AvgIpc) is 2.65. The number of ketones is 1. The summed E-state index contributed by atoms with van der Waals surface area (Å²) in [7, 11) is 0. The summed E-state index contributed by atoms with van der Waals surface area (Å²) >= 11 is 0. The van der Waals surface area contributed by atoms with E-state index in [2.05, 4.69) is 5.10 Å². The first-order valence-electron chi connectivity index (χ1n) is 6.23. The van der Waals surface area contributed by atoms with E-state index in [-0.39, 0.29) is 18.0 Å². The highest BCUT2D eigenvalue weighted by Gasteiger charge is 2.22.